The number of rotatable bonds is 4. The molecule has 15 heavy (non-hydrogen) atoms. The number of nitrogens with zero attached hydrogens (tertiary/aromatic N) is 1. The number of nitrogens with two attached hydrogens (primary N) is 1. The van der Waals surface area contributed by atoms with Crippen molar-refractivity contribution in [2.45, 2.75) is 39.7 Å². The van der Waals surface area contributed by atoms with Crippen molar-refractivity contribution in [3.8, 4) is 0 Å². The molecule has 1 unspecified atom stereocenters. The van der Waals surface area contributed by atoms with Gasteiger partial charge in [0.25, 0.3) is 0 Å². The smallest absolute Gasteiger partial charge is 0.227 e. The molecule has 84 valence electrons. The largest absolute Gasteiger partial charge is 0.327 e. The highest BCUT2D eigenvalue weighted by Crippen LogP contribution is 2.21. The molecule has 1 amide bonds. The van der Waals surface area contributed by atoms with Crippen molar-refractivity contribution in [3.05, 3.63) is 10.6 Å². The fourth-order valence-corrected chi connectivity index (χ4v) is 1.91. The molecule has 0 aromatic carbocycles. The van der Waals surface area contributed by atoms with Crippen molar-refractivity contribution in [2.75, 3.05) is 5.32 Å². The Labute approximate surface area is 93.9 Å². The summed E-state index contributed by atoms with van der Waals surface area (Å²) >= 11 is 1.49. The zero-order chi connectivity index (χ0) is 11.4. The summed E-state index contributed by atoms with van der Waals surface area (Å²) in [5.41, 5.74) is 6.65. The van der Waals surface area contributed by atoms with Crippen LogP contribution in [0.25, 0.3) is 0 Å². The molecule has 0 aliphatic heterocycles. The predicted octanol–water partition coefficient (Wildman–Crippen LogP) is 1.83. The molecule has 0 saturated carbocycles. The predicted molar refractivity (Wildman–Crippen MR) is 63.1 cm³/mol. The van der Waals surface area contributed by atoms with E-state index in [1.54, 1.807) is 0 Å². The van der Waals surface area contributed by atoms with Gasteiger partial charge in [-0.25, -0.2) is 4.98 Å². The summed E-state index contributed by atoms with van der Waals surface area (Å²) in [5.74, 6) is -0.0573. The summed E-state index contributed by atoms with van der Waals surface area (Å²) in [7, 11) is 0. The zero-order valence-electron chi connectivity index (χ0n) is 9.33. The van der Waals surface area contributed by atoms with Gasteiger partial charge in [-0.15, -0.1) is 11.3 Å². The number of amides is 1. The van der Waals surface area contributed by atoms with Gasteiger partial charge in [-0.3, -0.25) is 4.79 Å². The summed E-state index contributed by atoms with van der Waals surface area (Å²) in [5, 5.41) is 3.42. The lowest BCUT2D eigenvalue weighted by atomic mass is 10.2. The first-order chi connectivity index (χ1) is 7.02. The molecular formula is C10H17N3OS. The summed E-state index contributed by atoms with van der Waals surface area (Å²) in [6.07, 6.45) is 1.16. The van der Waals surface area contributed by atoms with Gasteiger partial charge in [-0.05, 0) is 20.3 Å². The van der Waals surface area contributed by atoms with E-state index in [-0.39, 0.29) is 11.9 Å². The zero-order valence-corrected chi connectivity index (χ0v) is 10.1. The van der Waals surface area contributed by atoms with Crippen molar-refractivity contribution in [3.63, 3.8) is 0 Å². The highest BCUT2D eigenvalue weighted by Gasteiger charge is 2.10. The Kier molecular flexibility index (Phi) is 4.23. The van der Waals surface area contributed by atoms with Gasteiger partial charge in [0.2, 0.25) is 5.91 Å². The molecule has 5 heteroatoms. The van der Waals surface area contributed by atoms with Gasteiger partial charge in [-0.1, -0.05) is 6.92 Å². The number of hydrogen-bond acceptors (Lipinski definition) is 4. The molecule has 1 aromatic heterocycles. The van der Waals surface area contributed by atoms with Crippen molar-refractivity contribution in [2.24, 2.45) is 5.73 Å². The van der Waals surface area contributed by atoms with Crippen LogP contribution in [0.4, 0.5) is 5.13 Å². The molecule has 1 heterocycles. The lowest BCUT2D eigenvalue weighted by Crippen LogP contribution is -2.26. The third kappa shape index (κ3) is 3.60. The van der Waals surface area contributed by atoms with E-state index in [0.717, 1.165) is 17.0 Å². The first kappa shape index (κ1) is 12.1. The molecule has 1 aromatic rings. The van der Waals surface area contributed by atoms with Gasteiger partial charge in [0, 0.05) is 17.3 Å². The molecule has 1 rings (SSSR count). The third-order valence-corrected chi connectivity index (χ3v) is 3.24. The Hall–Kier alpha value is -0.940. The van der Waals surface area contributed by atoms with Crippen molar-refractivity contribution in [1.82, 2.24) is 4.98 Å². The van der Waals surface area contributed by atoms with Gasteiger partial charge in [-0.2, -0.15) is 0 Å². The fraction of sp³-hybridized carbons (Fsp3) is 0.600. The topological polar surface area (TPSA) is 68.0 Å². The number of hydrogen-bond donors (Lipinski definition) is 2. The first-order valence-corrected chi connectivity index (χ1v) is 5.84. The molecule has 0 saturated heterocycles. The minimum atomic E-state index is -0.0628. The maximum absolute atomic E-state index is 11.5. The summed E-state index contributed by atoms with van der Waals surface area (Å²) in [6, 6.07) is -0.0628. The summed E-state index contributed by atoms with van der Waals surface area (Å²) < 4.78 is 0. The van der Waals surface area contributed by atoms with Gasteiger partial charge in [0.1, 0.15) is 0 Å². The maximum Gasteiger partial charge on any atom is 0.227 e. The molecule has 4 nitrogen and oxygen atoms in total. The summed E-state index contributed by atoms with van der Waals surface area (Å²) in [6.45, 7) is 5.88. The van der Waals surface area contributed by atoms with Gasteiger partial charge >= 0.3 is 0 Å². The molecule has 3 N–H and O–H groups in total. The SMILES string of the molecule is CCC(N)CC(=O)Nc1nc(C)c(C)s1. The van der Waals surface area contributed by atoms with Crippen LogP contribution in [0.5, 0.6) is 0 Å². The van der Waals surface area contributed by atoms with Crippen LogP contribution in [0.1, 0.15) is 30.3 Å². The molecule has 0 aliphatic carbocycles. The van der Waals surface area contributed by atoms with E-state index < -0.39 is 0 Å². The molecule has 0 bridgehead atoms. The van der Waals surface area contributed by atoms with E-state index in [1.165, 1.54) is 11.3 Å². The van der Waals surface area contributed by atoms with Crippen LogP contribution < -0.4 is 11.1 Å². The molecule has 0 spiro atoms. The monoisotopic (exact) mass is 227 g/mol. The Balaban J connectivity index is 2.51. The number of carbonyl (C=O) groups excluding carboxylic acids is 1. The van der Waals surface area contributed by atoms with Crippen molar-refractivity contribution in [1.29, 1.82) is 0 Å². The van der Waals surface area contributed by atoms with Gasteiger partial charge in [0.05, 0.1) is 5.69 Å². The molecular weight excluding hydrogens is 210 g/mol. The van der Waals surface area contributed by atoms with Crippen LogP contribution in [-0.2, 0) is 4.79 Å². The second-order valence-electron chi connectivity index (χ2n) is 3.58. The number of anilines is 1. The molecule has 0 radical (unpaired) electrons. The quantitative estimate of drug-likeness (QED) is 0.824. The number of thiazole rings is 1. The van der Waals surface area contributed by atoms with Crippen LogP contribution in [-0.4, -0.2) is 16.9 Å². The van der Waals surface area contributed by atoms with E-state index in [9.17, 15) is 4.79 Å². The van der Waals surface area contributed by atoms with Gasteiger partial charge in [0.15, 0.2) is 5.13 Å². The van der Waals surface area contributed by atoms with Crippen LogP contribution >= 0.6 is 11.3 Å². The van der Waals surface area contributed by atoms with E-state index >= 15 is 0 Å². The standard InChI is InChI=1S/C10H17N3OS/c1-4-8(11)5-9(14)13-10-12-6(2)7(3)15-10/h8H,4-5,11H2,1-3H3,(H,12,13,14). The Morgan fingerprint density at radius 2 is 2.27 bits per heavy atom. The van der Waals surface area contributed by atoms with Crippen LogP contribution in [0, 0.1) is 13.8 Å². The normalized spacial score (nSPS) is 12.5. The average molecular weight is 227 g/mol. The lowest BCUT2D eigenvalue weighted by Gasteiger charge is -2.06. The van der Waals surface area contributed by atoms with Crippen molar-refractivity contribution >= 4 is 22.4 Å². The fourth-order valence-electron chi connectivity index (χ4n) is 1.08. The Bertz CT molecular complexity index is 329. The molecule has 0 fully saturated rings. The van der Waals surface area contributed by atoms with E-state index in [1.807, 2.05) is 20.8 Å². The average Bonchev–Trinajstić information content (AvgIpc) is 2.45. The highest BCUT2D eigenvalue weighted by molar-refractivity contribution is 7.15. The first-order valence-electron chi connectivity index (χ1n) is 5.02. The second-order valence-corrected chi connectivity index (χ2v) is 4.78. The minimum Gasteiger partial charge on any atom is -0.327 e. The lowest BCUT2D eigenvalue weighted by molar-refractivity contribution is -0.116. The molecule has 1 atom stereocenters. The number of aryl methyl sites for hydroxylation is 2. The molecule has 0 aliphatic rings. The summed E-state index contributed by atoms with van der Waals surface area (Å²) in [4.78, 5) is 16.8. The number of nitrogens with one attached hydrogen (secondary N) is 1. The van der Waals surface area contributed by atoms with Crippen molar-refractivity contribution < 1.29 is 4.79 Å². The number of carbonyl (C=O) groups is 1. The van der Waals surface area contributed by atoms with Crippen LogP contribution in [0.3, 0.4) is 0 Å². The maximum atomic E-state index is 11.5. The highest BCUT2D eigenvalue weighted by atomic mass is 32.1. The Morgan fingerprint density at radius 3 is 2.73 bits per heavy atom. The van der Waals surface area contributed by atoms with Gasteiger partial charge < -0.3 is 11.1 Å². The van der Waals surface area contributed by atoms with E-state index in [2.05, 4.69) is 10.3 Å². The number of aromatic nitrogens is 1. The van der Waals surface area contributed by atoms with Crippen LogP contribution in [0.2, 0.25) is 0 Å². The third-order valence-electron chi connectivity index (χ3n) is 2.25. The minimum absolute atomic E-state index is 0.0573. The van der Waals surface area contributed by atoms with E-state index in [0.29, 0.717) is 11.6 Å². The van der Waals surface area contributed by atoms with Crippen LogP contribution in [0.15, 0.2) is 0 Å². The second kappa shape index (κ2) is 5.23. The van der Waals surface area contributed by atoms with E-state index in [4.69, 9.17) is 5.73 Å². The Morgan fingerprint density at radius 1 is 1.60 bits per heavy atom.